The molecule has 2 aliphatic rings. The molecule has 0 aliphatic carbocycles. The third-order valence-corrected chi connectivity index (χ3v) is 5.42. The van der Waals surface area contributed by atoms with Crippen LogP contribution in [0.25, 0.3) is 11.5 Å². The standard InChI is InChI=1S/C20H25N3O3/c24-20(16-10-13-25-14-11-16)23-12-4-7-17(23)8-9-18-21-19(26-22-18)15-5-2-1-3-6-15/h1-3,5-6,16-17H,4,7-14H2. The van der Waals surface area contributed by atoms with E-state index in [-0.39, 0.29) is 5.92 Å². The number of carbonyl (C=O) groups is 1. The minimum absolute atomic E-state index is 0.138. The summed E-state index contributed by atoms with van der Waals surface area (Å²) in [6.45, 7) is 2.29. The summed E-state index contributed by atoms with van der Waals surface area (Å²) < 4.78 is 10.8. The van der Waals surface area contributed by atoms with Crippen LogP contribution in [0.2, 0.25) is 0 Å². The zero-order valence-corrected chi connectivity index (χ0v) is 15.0. The Labute approximate surface area is 153 Å². The van der Waals surface area contributed by atoms with Crippen molar-refractivity contribution in [2.75, 3.05) is 19.8 Å². The molecule has 1 atom stereocenters. The number of likely N-dealkylation sites (tertiary alicyclic amines) is 1. The fourth-order valence-electron chi connectivity index (χ4n) is 3.95. The van der Waals surface area contributed by atoms with Crippen molar-refractivity contribution in [3.63, 3.8) is 0 Å². The molecule has 138 valence electrons. The van der Waals surface area contributed by atoms with Gasteiger partial charge in [0.25, 0.3) is 5.89 Å². The predicted molar refractivity (Wildman–Crippen MR) is 96.3 cm³/mol. The quantitative estimate of drug-likeness (QED) is 0.824. The highest BCUT2D eigenvalue weighted by Crippen LogP contribution is 2.27. The van der Waals surface area contributed by atoms with Gasteiger partial charge in [0.15, 0.2) is 5.82 Å². The number of amides is 1. The number of benzene rings is 1. The van der Waals surface area contributed by atoms with Crippen LogP contribution in [0.5, 0.6) is 0 Å². The van der Waals surface area contributed by atoms with E-state index in [9.17, 15) is 4.79 Å². The Hall–Kier alpha value is -2.21. The van der Waals surface area contributed by atoms with Gasteiger partial charge in [-0.2, -0.15) is 4.98 Å². The maximum atomic E-state index is 12.8. The van der Waals surface area contributed by atoms with Crippen LogP contribution < -0.4 is 0 Å². The number of ether oxygens (including phenoxy) is 1. The number of hydrogen-bond donors (Lipinski definition) is 0. The molecular formula is C20H25N3O3. The second-order valence-electron chi connectivity index (χ2n) is 7.13. The molecule has 2 aliphatic heterocycles. The normalized spacial score (nSPS) is 21.2. The van der Waals surface area contributed by atoms with Crippen LogP contribution in [-0.4, -0.2) is 46.7 Å². The molecule has 1 aromatic heterocycles. The van der Waals surface area contributed by atoms with Gasteiger partial charge in [0, 0.05) is 43.7 Å². The van der Waals surface area contributed by atoms with Crippen molar-refractivity contribution in [1.82, 2.24) is 15.0 Å². The van der Waals surface area contributed by atoms with Crippen molar-refractivity contribution in [3.8, 4) is 11.5 Å². The molecule has 3 heterocycles. The Morgan fingerprint density at radius 1 is 1.15 bits per heavy atom. The van der Waals surface area contributed by atoms with Gasteiger partial charge in [-0.3, -0.25) is 4.79 Å². The SMILES string of the molecule is O=C(C1CCOCC1)N1CCCC1CCc1noc(-c2ccccc2)n1. The molecule has 1 unspecified atom stereocenters. The summed E-state index contributed by atoms with van der Waals surface area (Å²) in [6.07, 6.45) is 5.49. The minimum Gasteiger partial charge on any atom is -0.381 e. The largest absolute Gasteiger partial charge is 0.381 e. The van der Waals surface area contributed by atoms with Gasteiger partial charge in [-0.1, -0.05) is 23.4 Å². The fraction of sp³-hybridized carbons (Fsp3) is 0.550. The maximum absolute atomic E-state index is 12.8. The molecule has 0 saturated carbocycles. The van der Waals surface area contributed by atoms with Gasteiger partial charge in [0.1, 0.15) is 0 Å². The molecule has 0 N–H and O–H groups in total. The number of aromatic nitrogens is 2. The van der Waals surface area contributed by atoms with Gasteiger partial charge >= 0.3 is 0 Å². The van der Waals surface area contributed by atoms with E-state index in [0.29, 0.717) is 36.9 Å². The number of carbonyl (C=O) groups excluding carboxylic acids is 1. The molecule has 1 aromatic carbocycles. The predicted octanol–water partition coefficient (Wildman–Crippen LogP) is 3.09. The molecule has 4 rings (SSSR count). The van der Waals surface area contributed by atoms with E-state index in [0.717, 1.165) is 50.6 Å². The third kappa shape index (κ3) is 3.80. The maximum Gasteiger partial charge on any atom is 0.257 e. The number of rotatable bonds is 5. The number of hydrogen-bond acceptors (Lipinski definition) is 5. The van der Waals surface area contributed by atoms with Gasteiger partial charge in [-0.25, -0.2) is 0 Å². The van der Waals surface area contributed by atoms with Crippen molar-refractivity contribution in [2.45, 2.75) is 44.6 Å². The highest BCUT2D eigenvalue weighted by Gasteiger charge is 2.33. The molecule has 6 nitrogen and oxygen atoms in total. The number of aryl methyl sites for hydroxylation is 1. The van der Waals surface area contributed by atoms with Crippen molar-refractivity contribution in [3.05, 3.63) is 36.2 Å². The highest BCUT2D eigenvalue weighted by molar-refractivity contribution is 5.79. The van der Waals surface area contributed by atoms with Crippen LogP contribution in [0, 0.1) is 5.92 Å². The van der Waals surface area contributed by atoms with Gasteiger partial charge in [-0.15, -0.1) is 0 Å². The van der Waals surface area contributed by atoms with Crippen molar-refractivity contribution < 1.29 is 14.1 Å². The topological polar surface area (TPSA) is 68.5 Å². The molecule has 0 radical (unpaired) electrons. The molecule has 0 bridgehead atoms. The summed E-state index contributed by atoms with van der Waals surface area (Å²) in [7, 11) is 0. The minimum atomic E-state index is 0.138. The second-order valence-corrected chi connectivity index (χ2v) is 7.13. The van der Waals surface area contributed by atoms with Crippen LogP contribution in [-0.2, 0) is 16.0 Å². The molecular weight excluding hydrogens is 330 g/mol. The lowest BCUT2D eigenvalue weighted by Crippen LogP contribution is -2.41. The summed E-state index contributed by atoms with van der Waals surface area (Å²) in [6, 6.07) is 10.1. The lowest BCUT2D eigenvalue weighted by Gasteiger charge is -2.30. The zero-order chi connectivity index (χ0) is 17.8. The van der Waals surface area contributed by atoms with Gasteiger partial charge in [0.2, 0.25) is 5.91 Å². The Balaban J connectivity index is 1.35. The molecule has 2 aromatic rings. The Kier molecular flexibility index (Phi) is 5.29. The summed E-state index contributed by atoms with van der Waals surface area (Å²) in [5.74, 6) is 1.73. The van der Waals surface area contributed by atoms with Crippen molar-refractivity contribution in [1.29, 1.82) is 0 Å². The van der Waals surface area contributed by atoms with Crippen LogP contribution in [0.15, 0.2) is 34.9 Å². The summed E-state index contributed by atoms with van der Waals surface area (Å²) in [5, 5.41) is 4.11. The Morgan fingerprint density at radius 2 is 1.96 bits per heavy atom. The molecule has 0 spiro atoms. The van der Waals surface area contributed by atoms with Crippen LogP contribution >= 0.6 is 0 Å². The molecule has 2 fully saturated rings. The fourth-order valence-corrected chi connectivity index (χ4v) is 3.95. The van der Waals surface area contributed by atoms with Crippen molar-refractivity contribution in [2.24, 2.45) is 5.92 Å². The number of nitrogens with zero attached hydrogens (tertiary/aromatic N) is 3. The average Bonchev–Trinajstić information content (AvgIpc) is 3.36. The average molecular weight is 355 g/mol. The first-order valence-electron chi connectivity index (χ1n) is 9.57. The first-order chi connectivity index (χ1) is 12.8. The Morgan fingerprint density at radius 3 is 2.77 bits per heavy atom. The van der Waals surface area contributed by atoms with Crippen LogP contribution in [0.1, 0.15) is 37.9 Å². The zero-order valence-electron chi connectivity index (χ0n) is 15.0. The first kappa shape index (κ1) is 17.2. The first-order valence-corrected chi connectivity index (χ1v) is 9.57. The second kappa shape index (κ2) is 7.99. The van der Waals surface area contributed by atoms with Crippen molar-refractivity contribution >= 4 is 5.91 Å². The smallest absolute Gasteiger partial charge is 0.257 e. The van der Waals surface area contributed by atoms with E-state index in [4.69, 9.17) is 9.26 Å². The molecule has 1 amide bonds. The van der Waals surface area contributed by atoms with E-state index in [1.54, 1.807) is 0 Å². The molecule has 6 heteroatoms. The van der Waals surface area contributed by atoms with E-state index >= 15 is 0 Å². The summed E-state index contributed by atoms with van der Waals surface area (Å²) in [5.41, 5.74) is 0.934. The third-order valence-electron chi connectivity index (χ3n) is 5.42. The van der Waals surface area contributed by atoms with Gasteiger partial charge in [0.05, 0.1) is 0 Å². The highest BCUT2D eigenvalue weighted by atomic mass is 16.5. The van der Waals surface area contributed by atoms with E-state index in [1.165, 1.54) is 0 Å². The molecule has 2 saturated heterocycles. The van der Waals surface area contributed by atoms with Gasteiger partial charge < -0.3 is 14.2 Å². The monoisotopic (exact) mass is 355 g/mol. The van der Waals surface area contributed by atoms with E-state index in [2.05, 4.69) is 15.0 Å². The van der Waals surface area contributed by atoms with E-state index < -0.39 is 0 Å². The van der Waals surface area contributed by atoms with Crippen LogP contribution in [0.4, 0.5) is 0 Å². The summed E-state index contributed by atoms with van der Waals surface area (Å²) >= 11 is 0. The Bertz CT molecular complexity index is 725. The van der Waals surface area contributed by atoms with Gasteiger partial charge in [-0.05, 0) is 44.2 Å². The summed E-state index contributed by atoms with van der Waals surface area (Å²) in [4.78, 5) is 19.4. The molecule has 26 heavy (non-hydrogen) atoms. The van der Waals surface area contributed by atoms with Crippen LogP contribution in [0.3, 0.4) is 0 Å². The lowest BCUT2D eigenvalue weighted by molar-refractivity contribution is -0.139. The van der Waals surface area contributed by atoms with E-state index in [1.807, 2.05) is 30.3 Å². The lowest BCUT2D eigenvalue weighted by atomic mass is 9.97.